The number of para-hydroxylation sites is 1. The third-order valence-electron chi connectivity index (χ3n) is 3.27. The molecule has 1 aromatic heterocycles. The van der Waals surface area contributed by atoms with Crippen molar-refractivity contribution in [2.24, 2.45) is 7.05 Å². The maximum absolute atomic E-state index is 12.0. The molecule has 4 nitrogen and oxygen atoms in total. The number of carbonyl (C=O) groups is 1. The monoisotopic (exact) mass is 260 g/mol. The number of fused-ring (bicyclic) bond motifs is 1. The molecule has 1 aromatic carbocycles. The molecule has 0 saturated carbocycles. The molecular formula is C15H20N2O2. The molecule has 0 atom stereocenters. The van der Waals surface area contributed by atoms with Crippen molar-refractivity contribution < 1.29 is 9.90 Å². The van der Waals surface area contributed by atoms with Crippen LogP contribution < -0.4 is 5.32 Å². The molecule has 102 valence electrons. The number of aryl methyl sites for hydroxylation is 1. The second-order valence-electron chi connectivity index (χ2n) is 5.52. The van der Waals surface area contributed by atoms with Crippen LogP contribution in [0.3, 0.4) is 0 Å². The standard InChI is InChI=1S/C15H20N2O2/c1-15(2,10-18)16-14(19)9-12-8-11-6-4-5-7-13(11)17(12)3/h4-8,18H,9-10H2,1-3H3,(H,16,19). The molecule has 0 fully saturated rings. The van der Waals surface area contributed by atoms with Crippen molar-refractivity contribution in [1.29, 1.82) is 0 Å². The van der Waals surface area contributed by atoms with Crippen LogP contribution in [-0.2, 0) is 18.3 Å². The smallest absolute Gasteiger partial charge is 0.226 e. The van der Waals surface area contributed by atoms with Gasteiger partial charge < -0.3 is 15.0 Å². The predicted octanol–water partition coefficient (Wildman–Crippen LogP) is 1.61. The molecule has 4 heteroatoms. The van der Waals surface area contributed by atoms with Crippen molar-refractivity contribution in [3.8, 4) is 0 Å². The van der Waals surface area contributed by atoms with Crippen LogP contribution in [0.15, 0.2) is 30.3 Å². The third kappa shape index (κ3) is 2.96. The van der Waals surface area contributed by atoms with E-state index in [-0.39, 0.29) is 12.5 Å². The Kier molecular flexibility index (Phi) is 3.62. The van der Waals surface area contributed by atoms with Gasteiger partial charge in [0.1, 0.15) is 0 Å². The van der Waals surface area contributed by atoms with E-state index in [9.17, 15) is 4.79 Å². The Morgan fingerprint density at radius 2 is 2.05 bits per heavy atom. The highest BCUT2D eigenvalue weighted by molar-refractivity contribution is 5.85. The Labute approximate surface area is 113 Å². The van der Waals surface area contributed by atoms with Crippen molar-refractivity contribution in [2.75, 3.05) is 6.61 Å². The minimum absolute atomic E-state index is 0.0755. The number of rotatable bonds is 4. The van der Waals surface area contributed by atoms with E-state index in [4.69, 9.17) is 5.11 Å². The number of nitrogens with zero attached hydrogens (tertiary/aromatic N) is 1. The third-order valence-corrected chi connectivity index (χ3v) is 3.27. The fourth-order valence-corrected chi connectivity index (χ4v) is 2.14. The molecule has 2 rings (SSSR count). The fourth-order valence-electron chi connectivity index (χ4n) is 2.14. The van der Waals surface area contributed by atoms with Gasteiger partial charge in [0, 0.05) is 18.3 Å². The van der Waals surface area contributed by atoms with Gasteiger partial charge in [-0.3, -0.25) is 4.79 Å². The molecule has 0 unspecified atom stereocenters. The van der Waals surface area contributed by atoms with Crippen LogP contribution in [0.4, 0.5) is 0 Å². The average molecular weight is 260 g/mol. The zero-order valence-corrected chi connectivity index (χ0v) is 11.6. The average Bonchev–Trinajstić information content (AvgIpc) is 2.66. The largest absolute Gasteiger partial charge is 0.394 e. The first-order valence-corrected chi connectivity index (χ1v) is 6.38. The second kappa shape index (κ2) is 5.05. The number of amides is 1. The van der Waals surface area contributed by atoms with Crippen LogP contribution >= 0.6 is 0 Å². The van der Waals surface area contributed by atoms with Gasteiger partial charge in [0.2, 0.25) is 5.91 Å². The molecule has 0 aliphatic rings. The zero-order chi connectivity index (χ0) is 14.0. The Balaban J connectivity index is 2.18. The van der Waals surface area contributed by atoms with Gasteiger partial charge in [0.05, 0.1) is 18.6 Å². The summed E-state index contributed by atoms with van der Waals surface area (Å²) in [6.45, 7) is 3.52. The van der Waals surface area contributed by atoms with Crippen LogP contribution in [0.25, 0.3) is 10.9 Å². The van der Waals surface area contributed by atoms with Gasteiger partial charge in [-0.1, -0.05) is 18.2 Å². The predicted molar refractivity (Wildman–Crippen MR) is 75.9 cm³/mol. The van der Waals surface area contributed by atoms with E-state index in [1.54, 1.807) is 13.8 Å². The Bertz CT molecular complexity index is 599. The Morgan fingerprint density at radius 1 is 1.37 bits per heavy atom. The zero-order valence-electron chi connectivity index (χ0n) is 11.6. The van der Waals surface area contributed by atoms with Crippen LogP contribution in [0, 0.1) is 0 Å². The summed E-state index contributed by atoms with van der Waals surface area (Å²) in [5, 5.41) is 13.1. The normalized spacial score (nSPS) is 11.8. The highest BCUT2D eigenvalue weighted by Gasteiger charge is 2.20. The Hall–Kier alpha value is -1.81. The summed E-state index contributed by atoms with van der Waals surface area (Å²) in [7, 11) is 1.96. The molecule has 0 bridgehead atoms. The number of nitrogens with one attached hydrogen (secondary N) is 1. The van der Waals surface area contributed by atoms with E-state index in [0.29, 0.717) is 6.42 Å². The molecule has 1 heterocycles. The number of hydrogen-bond donors (Lipinski definition) is 2. The van der Waals surface area contributed by atoms with E-state index in [1.165, 1.54) is 0 Å². The number of carbonyl (C=O) groups excluding carboxylic acids is 1. The second-order valence-corrected chi connectivity index (χ2v) is 5.52. The molecule has 2 N–H and O–H groups in total. The number of benzene rings is 1. The van der Waals surface area contributed by atoms with E-state index >= 15 is 0 Å². The Morgan fingerprint density at radius 3 is 2.68 bits per heavy atom. The number of hydrogen-bond acceptors (Lipinski definition) is 2. The first-order valence-electron chi connectivity index (χ1n) is 6.38. The molecular weight excluding hydrogens is 240 g/mol. The minimum Gasteiger partial charge on any atom is -0.394 e. The van der Waals surface area contributed by atoms with Gasteiger partial charge in [-0.25, -0.2) is 0 Å². The van der Waals surface area contributed by atoms with Gasteiger partial charge in [-0.05, 0) is 31.4 Å². The summed E-state index contributed by atoms with van der Waals surface area (Å²) in [6, 6.07) is 10.1. The molecule has 19 heavy (non-hydrogen) atoms. The van der Waals surface area contributed by atoms with Crippen LogP contribution in [0.5, 0.6) is 0 Å². The van der Waals surface area contributed by atoms with Crippen molar-refractivity contribution >= 4 is 16.8 Å². The van der Waals surface area contributed by atoms with Gasteiger partial charge >= 0.3 is 0 Å². The molecule has 0 radical (unpaired) electrons. The summed E-state index contributed by atoms with van der Waals surface area (Å²) < 4.78 is 2.03. The van der Waals surface area contributed by atoms with Crippen molar-refractivity contribution in [3.63, 3.8) is 0 Å². The summed E-state index contributed by atoms with van der Waals surface area (Å²) in [5.41, 5.74) is 1.50. The quantitative estimate of drug-likeness (QED) is 0.877. The van der Waals surface area contributed by atoms with Crippen LogP contribution in [-0.4, -0.2) is 27.7 Å². The number of aliphatic hydroxyl groups excluding tert-OH is 1. The summed E-state index contributed by atoms with van der Waals surface area (Å²) in [5.74, 6) is -0.0787. The van der Waals surface area contributed by atoms with Gasteiger partial charge in [0.15, 0.2) is 0 Å². The molecule has 1 amide bonds. The molecule has 0 saturated heterocycles. The van der Waals surface area contributed by atoms with Crippen LogP contribution in [0.2, 0.25) is 0 Å². The van der Waals surface area contributed by atoms with Gasteiger partial charge in [0.25, 0.3) is 0 Å². The van der Waals surface area contributed by atoms with E-state index < -0.39 is 5.54 Å². The molecule has 0 aliphatic carbocycles. The van der Waals surface area contributed by atoms with Crippen molar-refractivity contribution in [3.05, 3.63) is 36.0 Å². The number of aromatic nitrogens is 1. The highest BCUT2D eigenvalue weighted by atomic mass is 16.3. The lowest BCUT2D eigenvalue weighted by molar-refractivity contribution is -0.122. The van der Waals surface area contributed by atoms with E-state index in [1.807, 2.05) is 41.9 Å². The number of aliphatic hydroxyl groups is 1. The minimum atomic E-state index is -0.582. The van der Waals surface area contributed by atoms with Crippen molar-refractivity contribution in [1.82, 2.24) is 9.88 Å². The summed E-state index contributed by atoms with van der Waals surface area (Å²) >= 11 is 0. The molecule has 2 aromatic rings. The lowest BCUT2D eigenvalue weighted by Gasteiger charge is -2.23. The van der Waals surface area contributed by atoms with E-state index in [0.717, 1.165) is 16.6 Å². The molecule has 0 aliphatic heterocycles. The fraction of sp³-hybridized carbons (Fsp3) is 0.400. The lowest BCUT2D eigenvalue weighted by Crippen LogP contribution is -2.47. The maximum atomic E-state index is 12.0. The van der Waals surface area contributed by atoms with E-state index in [2.05, 4.69) is 5.32 Å². The maximum Gasteiger partial charge on any atom is 0.226 e. The van der Waals surface area contributed by atoms with Crippen molar-refractivity contribution in [2.45, 2.75) is 25.8 Å². The first-order chi connectivity index (χ1) is 8.93. The summed E-state index contributed by atoms with van der Waals surface area (Å²) in [4.78, 5) is 12.0. The molecule has 0 spiro atoms. The highest BCUT2D eigenvalue weighted by Crippen LogP contribution is 2.18. The van der Waals surface area contributed by atoms with Gasteiger partial charge in [-0.15, -0.1) is 0 Å². The van der Waals surface area contributed by atoms with Gasteiger partial charge in [-0.2, -0.15) is 0 Å². The first kappa shape index (κ1) is 13.6. The summed E-state index contributed by atoms with van der Waals surface area (Å²) in [6.07, 6.45) is 0.314. The van der Waals surface area contributed by atoms with Crippen LogP contribution in [0.1, 0.15) is 19.5 Å². The SMILES string of the molecule is Cn1c(CC(=O)NC(C)(C)CO)cc2ccccc21. The topological polar surface area (TPSA) is 54.3 Å². The lowest BCUT2D eigenvalue weighted by atomic mass is 10.1.